The second-order valence-electron chi connectivity index (χ2n) is 14.1. The second-order valence-corrected chi connectivity index (χ2v) is 14.1. The fourth-order valence-corrected chi connectivity index (χ4v) is 7.40. The molecule has 0 aromatic rings. The van der Waals surface area contributed by atoms with Crippen LogP contribution in [0.3, 0.4) is 0 Å². The van der Waals surface area contributed by atoms with E-state index in [4.69, 9.17) is 37.9 Å². The van der Waals surface area contributed by atoms with Gasteiger partial charge < -0.3 is 37.9 Å². The molecule has 8 atom stereocenters. The molecular weight excluding hydrogens is 624 g/mol. The molecule has 262 valence electrons. The number of epoxide rings is 2. The first-order valence-electron chi connectivity index (χ1n) is 17.1. The van der Waals surface area contributed by atoms with Gasteiger partial charge in [-0.25, -0.2) is 19.2 Å². The molecule has 0 amide bonds. The maximum absolute atomic E-state index is 12.2. The van der Waals surface area contributed by atoms with Gasteiger partial charge >= 0.3 is 24.2 Å². The molecule has 0 aromatic carbocycles. The Morgan fingerprint density at radius 3 is 1.56 bits per heavy atom. The van der Waals surface area contributed by atoms with E-state index in [9.17, 15) is 19.2 Å². The third kappa shape index (κ3) is 7.64. The summed E-state index contributed by atoms with van der Waals surface area (Å²) in [5.74, 6) is -0.983. The molecule has 4 saturated heterocycles. The minimum Gasteiger partial charge on any atom is -0.455 e. The SMILES string of the molecule is C=C1C(=O)O[C@H]2[C@H]1CC/C(COC(=O)OCCCCOC(=O)OC/C1=C/CC[C@@]3(C)O[C@H]3[C@H]3OC(=O)C(=C)[C@@H]3CC1)=C\CC[C@@]1(C)O[C@@H]21. The third-order valence-electron chi connectivity index (χ3n) is 10.6. The summed E-state index contributed by atoms with van der Waals surface area (Å²) in [5.41, 5.74) is 2.18. The molecule has 6 aliphatic rings. The van der Waals surface area contributed by atoms with Crippen molar-refractivity contribution in [1.82, 2.24) is 0 Å². The number of ether oxygens (including phenoxy) is 8. The zero-order valence-corrected chi connectivity index (χ0v) is 27.8. The number of hydrogen-bond acceptors (Lipinski definition) is 12. The number of hydrogen-bond donors (Lipinski definition) is 0. The van der Waals surface area contributed by atoms with E-state index in [-0.39, 0.29) is 85.8 Å². The average molecular weight is 671 g/mol. The van der Waals surface area contributed by atoms with Crippen LogP contribution in [0.5, 0.6) is 0 Å². The smallest absolute Gasteiger partial charge is 0.455 e. The molecule has 0 radical (unpaired) electrons. The summed E-state index contributed by atoms with van der Waals surface area (Å²) in [4.78, 5) is 48.8. The molecule has 0 bridgehead atoms. The van der Waals surface area contributed by atoms with Crippen molar-refractivity contribution in [1.29, 1.82) is 0 Å². The Morgan fingerprint density at radius 2 is 1.15 bits per heavy atom. The highest BCUT2D eigenvalue weighted by Crippen LogP contribution is 2.51. The van der Waals surface area contributed by atoms with Crippen molar-refractivity contribution < 1.29 is 57.1 Å². The van der Waals surface area contributed by atoms with Gasteiger partial charge in [-0.15, -0.1) is 0 Å². The zero-order valence-electron chi connectivity index (χ0n) is 27.8. The van der Waals surface area contributed by atoms with Gasteiger partial charge in [-0.2, -0.15) is 0 Å². The molecule has 2 aliphatic carbocycles. The van der Waals surface area contributed by atoms with Crippen molar-refractivity contribution in [2.75, 3.05) is 26.4 Å². The molecule has 48 heavy (non-hydrogen) atoms. The summed E-state index contributed by atoms with van der Waals surface area (Å²) in [6, 6.07) is 0. The van der Waals surface area contributed by atoms with Gasteiger partial charge in [0, 0.05) is 23.0 Å². The summed E-state index contributed by atoms with van der Waals surface area (Å²) in [6.07, 6.45) is 8.35. The van der Waals surface area contributed by atoms with Crippen molar-refractivity contribution in [3.8, 4) is 0 Å². The van der Waals surface area contributed by atoms with Crippen molar-refractivity contribution in [2.45, 2.75) is 114 Å². The van der Waals surface area contributed by atoms with Crippen LogP contribution in [0.2, 0.25) is 0 Å². The third-order valence-corrected chi connectivity index (χ3v) is 10.6. The Balaban J connectivity index is 0.849. The predicted molar refractivity (Wildman–Crippen MR) is 169 cm³/mol. The van der Waals surface area contributed by atoms with Gasteiger partial charge in [-0.3, -0.25) is 0 Å². The van der Waals surface area contributed by atoms with Crippen LogP contribution in [0.4, 0.5) is 9.59 Å². The van der Waals surface area contributed by atoms with Crippen molar-refractivity contribution in [3.05, 3.63) is 47.6 Å². The zero-order chi connectivity index (χ0) is 34.1. The molecule has 0 N–H and O–H groups in total. The van der Waals surface area contributed by atoms with Gasteiger partial charge in [0.05, 0.1) is 24.4 Å². The lowest BCUT2D eigenvalue weighted by atomic mass is 9.84. The van der Waals surface area contributed by atoms with Gasteiger partial charge in [0.2, 0.25) is 0 Å². The Labute approximate surface area is 280 Å². The molecular formula is C36H46O12. The lowest BCUT2D eigenvalue weighted by Crippen LogP contribution is -2.29. The quantitative estimate of drug-likeness (QED) is 0.0752. The lowest BCUT2D eigenvalue weighted by Gasteiger charge is -2.20. The fraction of sp³-hybridized carbons (Fsp3) is 0.667. The molecule has 4 heterocycles. The van der Waals surface area contributed by atoms with Gasteiger partial charge in [-0.05, 0) is 89.2 Å². The molecule has 4 fully saturated rings. The van der Waals surface area contributed by atoms with E-state index in [0.29, 0.717) is 49.7 Å². The number of carbonyl (C=O) groups excluding carboxylic acids is 4. The van der Waals surface area contributed by atoms with E-state index >= 15 is 0 Å². The molecule has 12 heteroatoms. The van der Waals surface area contributed by atoms with Crippen LogP contribution in [-0.4, -0.2) is 86.3 Å². The van der Waals surface area contributed by atoms with Crippen molar-refractivity contribution >= 4 is 24.2 Å². The van der Waals surface area contributed by atoms with Crippen molar-refractivity contribution in [3.63, 3.8) is 0 Å². The largest absolute Gasteiger partial charge is 0.508 e. The number of esters is 2. The predicted octanol–water partition coefficient (Wildman–Crippen LogP) is 5.58. The van der Waals surface area contributed by atoms with E-state index in [0.717, 1.165) is 36.8 Å². The Kier molecular flexibility index (Phi) is 10.0. The van der Waals surface area contributed by atoms with E-state index in [1.54, 1.807) is 0 Å². The Bertz CT molecular complexity index is 1290. The van der Waals surface area contributed by atoms with E-state index in [1.165, 1.54) is 0 Å². The molecule has 6 rings (SSSR count). The van der Waals surface area contributed by atoms with E-state index in [1.807, 2.05) is 13.8 Å². The Hall–Kier alpha value is -3.64. The van der Waals surface area contributed by atoms with Crippen LogP contribution in [0, 0.1) is 11.8 Å². The van der Waals surface area contributed by atoms with Crippen LogP contribution < -0.4 is 0 Å². The maximum atomic E-state index is 12.2. The molecule has 0 spiro atoms. The number of rotatable bonds is 9. The van der Waals surface area contributed by atoms with Gasteiger partial charge in [0.15, 0.2) is 0 Å². The summed E-state index contributed by atoms with van der Waals surface area (Å²) in [7, 11) is 0. The average Bonchev–Trinajstić information content (AvgIpc) is 3.86. The number of carbonyl (C=O) groups is 4. The summed E-state index contributed by atoms with van der Waals surface area (Å²) < 4.78 is 44.1. The first kappa shape index (κ1) is 34.2. The van der Waals surface area contributed by atoms with Crippen LogP contribution in [-0.2, 0) is 47.5 Å². The number of allylic oxidation sites excluding steroid dienone is 2. The van der Waals surface area contributed by atoms with Crippen LogP contribution in [0.15, 0.2) is 47.6 Å². The molecule has 12 nitrogen and oxygen atoms in total. The highest BCUT2D eigenvalue weighted by molar-refractivity contribution is 5.91. The van der Waals surface area contributed by atoms with Gasteiger partial charge in [-0.1, -0.05) is 25.3 Å². The molecule has 0 aromatic heterocycles. The van der Waals surface area contributed by atoms with Gasteiger partial charge in [0.1, 0.15) is 37.6 Å². The molecule has 0 saturated carbocycles. The van der Waals surface area contributed by atoms with Gasteiger partial charge in [0.25, 0.3) is 0 Å². The Morgan fingerprint density at radius 1 is 0.729 bits per heavy atom. The first-order chi connectivity index (χ1) is 23.0. The van der Waals surface area contributed by atoms with Crippen LogP contribution >= 0.6 is 0 Å². The number of unbranched alkanes of at least 4 members (excludes halogenated alkanes) is 1. The normalized spacial score (nSPS) is 37.8. The minimum absolute atomic E-state index is 0.0966. The second kappa shape index (κ2) is 14.1. The highest BCUT2D eigenvalue weighted by Gasteiger charge is 2.62. The summed E-state index contributed by atoms with van der Waals surface area (Å²) in [5, 5.41) is 0. The monoisotopic (exact) mass is 670 g/mol. The van der Waals surface area contributed by atoms with Crippen molar-refractivity contribution in [2.24, 2.45) is 11.8 Å². The number of fused-ring (bicyclic) bond motifs is 6. The fourth-order valence-electron chi connectivity index (χ4n) is 7.40. The van der Waals surface area contributed by atoms with Crippen LogP contribution in [0.1, 0.15) is 78.1 Å². The first-order valence-corrected chi connectivity index (χ1v) is 17.1. The van der Waals surface area contributed by atoms with Crippen LogP contribution in [0.25, 0.3) is 0 Å². The minimum atomic E-state index is -0.771. The van der Waals surface area contributed by atoms with E-state index < -0.39 is 12.3 Å². The topological polar surface area (TPSA) is 149 Å². The summed E-state index contributed by atoms with van der Waals surface area (Å²) >= 11 is 0. The molecule has 0 unspecified atom stereocenters. The maximum Gasteiger partial charge on any atom is 0.508 e. The van der Waals surface area contributed by atoms with E-state index in [2.05, 4.69) is 25.3 Å². The summed E-state index contributed by atoms with van der Waals surface area (Å²) in [6.45, 7) is 12.4. The lowest BCUT2D eigenvalue weighted by molar-refractivity contribution is -0.140. The molecule has 4 aliphatic heterocycles. The highest BCUT2D eigenvalue weighted by atomic mass is 16.7. The standard InChI is InChI=1S/C36H46O12/c1-21-25-13-11-23(9-7-15-35(3)29(47-35)27(25)45-31(21)37)19-43-33(39)41-17-5-6-18-42-34(40)44-20-24-10-8-16-36(4)30(48-36)28-26(14-12-24)22(2)32(38)46-28/h9-10,25-30H,1-2,5-8,11-20H2,3-4H3/b23-9+,24-10+/t25-,26-,27-,28-,29-,30-,35+,36+/m0/s1.